The zero-order valence-electron chi connectivity index (χ0n) is 25.7. The van der Waals surface area contributed by atoms with Crippen LogP contribution in [0.1, 0.15) is 30.4 Å². The summed E-state index contributed by atoms with van der Waals surface area (Å²) in [4.78, 5) is 5.09. The Kier molecular flexibility index (Phi) is 14.1. The van der Waals surface area contributed by atoms with Gasteiger partial charge in [-0.05, 0) is 67.7 Å². The number of benzene rings is 2. The van der Waals surface area contributed by atoms with Crippen molar-refractivity contribution in [2.75, 3.05) is 95.1 Å². The second-order valence-corrected chi connectivity index (χ2v) is 9.92. The van der Waals surface area contributed by atoms with Crippen molar-refractivity contribution in [1.29, 1.82) is 0 Å². The molecule has 0 radical (unpaired) electrons. The normalized spacial score (nSPS) is 14.4. The predicted octanol–water partition coefficient (Wildman–Crippen LogP) is 4.26. The van der Waals surface area contributed by atoms with Gasteiger partial charge in [-0.2, -0.15) is 0 Å². The Labute approximate surface area is 245 Å². The van der Waals surface area contributed by atoms with Gasteiger partial charge in [0.15, 0.2) is 23.0 Å². The minimum absolute atomic E-state index is 0.506. The summed E-state index contributed by atoms with van der Waals surface area (Å²) >= 11 is 0. The summed E-state index contributed by atoms with van der Waals surface area (Å²) in [5.41, 5.74) is 2.00. The SMILES string of the molecule is COc1cc(COCCCN2CCCN(CCCOCc3cc(OC)c(OC)c(OC)c3)CC2)cc(OC)c1OC. The van der Waals surface area contributed by atoms with Crippen molar-refractivity contribution in [3.05, 3.63) is 35.4 Å². The molecule has 10 heteroatoms. The number of ether oxygens (including phenoxy) is 8. The van der Waals surface area contributed by atoms with Crippen LogP contribution in [0.2, 0.25) is 0 Å². The third-order valence-corrected chi connectivity index (χ3v) is 7.19. The van der Waals surface area contributed by atoms with Gasteiger partial charge in [-0.25, -0.2) is 0 Å². The van der Waals surface area contributed by atoms with E-state index in [0.29, 0.717) is 60.9 Å². The molecule has 0 aliphatic carbocycles. The molecule has 0 atom stereocenters. The number of rotatable bonds is 18. The van der Waals surface area contributed by atoms with Crippen LogP contribution in [0.3, 0.4) is 0 Å². The Morgan fingerprint density at radius 1 is 0.512 bits per heavy atom. The average molecular weight is 577 g/mol. The summed E-state index contributed by atoms with van der Waals surface area (Å²) in [6, 6.07) is 7.73. The van der Waals surface area contributed by atoms with E-state index >= 15 is 0 Å². The quantitative estimate of drug-likeness (QED) is 0.240. The van der Waals surface area contributed by atoms with Crippen molar-refractivity contribution < 1.29 is 37.9 Å². The molecule has 2 aromatic rings. The molecule has 10 nitrogen and oxygen atoms in total. The summed E-state index contributed by atoms with van der Waals surface area (Å²) in [7, 11) is 9.70. The maximum Gasteiger partial charge on any atom is 0.203 e. The summed E-state index contributed by atoms with van der Waals surface area (Å²) in [6.07, 6.45) is 3.18. The van der Waals surface area contributed by atoms with Crippen LogP contribution in [0.4, 0.5) is 0 Å². The molecule has 1 saturated heterocycles. The molecular formula is C31H48N2O8. The van der Waals surface area contributed by atoms with Crippen LogP contribution in [0, 0.1) is 0 Å². The number of hydrogen-bond donors (Lipinski definition) is 0. The van der Waals surface area contributed by atoms with Crippen LogP contribution in [-0.2, 0) is 22.7 Å². The Balaban J connectivity index is 1.30. The van der Waals surface area contributed by atoms with Gasteiger partial charge < -0.3 is 47.7 Å². The summed E-state index contributed by atoms with van der Waals surface area (Å²) in [6.45, 7) is 8.93. The van der Waals surface area contributed by atoms with Crippen LogP contribution < -0.4 is 28.4 Å². The highest BCUT2D eigenvalue weighted by Gasteiger charge is 2.16. The lowest BCUT2D eigenvalue weighted by atomic mass is 10.2. The smallest absolute Gasteiger partial charge is 0.203 e. The number of nitrogens with zero attached hydrogens (tertiary/aromatic N) is 2. The van der Waals surface area contributed by atoms with Gasteiger partial charge in [-0.3, -0.25) is 0 Å². The Bertz CT molecular complexity index is 919. The van der Waals surface area contributed by atoms with E-state index < -0.39 is 0 Å². The first-order valence-electron chi connectivity index (χ1n) is 14.2. The van der Waals surface area contributed by atoms with Gasteiger partial charge in [0.05, 0.1) is 55.9 Å². The molecule has 0 saturated carbocycles. The maximum atomic E-state index is 5.96. The fourth-order valence-corrected chi connectivity index (χ4v) is 5.07. The second kappa shape index (κ2) is 17.8. The van der Waals surface area contributed by atoms with E-state index in [4.69, 9.17) is 37.9 Å². The van der Waals surface area contributed by atoms with E-state index in [1.807, 2.05) is 24.3 Å². The van der Waals surface area contributed by atoms with Crippen molar-refractivity contribution in [3.63, 3.8) is 0 Å². The molecule has 41 heavy (non-hydrogen) atoms. The second-order valence-electron chi connectivity index (χ2n) is 9.92. The molecule has 230 valence electrons. The molecule has 0 unspecified atom stereocenters. The van der Waals surface area contributed by atoms with E-state index in [2.05, 4.69) is 9.80 Å². The molecule has 1 fully saturated rings. The van der Waals surface area contributed by atoms with Crippen LogP contribution >= 0.6 is 0 Å². The highest BCUT2D eigenvalue weighted by Crippen LogP contribution is 2.39. The molecule has 1 aliphatic rings. The summed E-state index contributed by atoms with van der Waals surface area (Å²) < 4.78 is 44.4. The van der Waals surface area contributed by atoms with Crippen LogP contribution in [-0.4, -0.2) is 105 Å². The van der Waals surface area contributed by atoms with Gasteiger partial charge in [0.2, 0.25) is 11.5 Å². The molecule has 0 bridgehead atoms. The van der Waals surface area contributed by atoms with Crippen molar-refractivity contribution in [2.45, 2.75) is 32.5 Å². The van der Waals surface area contributed by atoms with Crippen LogP contribution in [0.25, 0.3) is 0 Å². The monoisotopic (exact) mass is 576 g/mol. The molecule has 0 aromatic heterocycles. The zero-order chi connectivity index (χ0) is 29.5. The van der Waals surface area contributed by atoms with Gasteiger partial charge in [-0.1, -0.05) is 0 Å². The molecule has 1 heterocycles. The van der Waals surface area contributed by atoms with E-state index in [-0.39, 0.29) is 0 Å². The van der Waals surface area contributed by atoms with Crippen molar-refractivity contribution >= 4 is 0 Å². The topological polar surface area (TPSA) is 80.3 Å². The molecule has 0 N–H and O–H groups in total. The minimum atomic E-state index is 0.506. The van der Waals surface area contributed by atoms with E-state index in [1.54, 1.807) is 42.7 Å². The summed E-state index contributed by atoms with van der Waals surface area (Å²) in [5, 5.41) is 0. The third-order valence-electron chi connectivity index (χ3n) is 7.19. The largest absolute Gasteiger partial charge is 0.493 e. The predicted molar refractivity (Wildman–Crippen MR) is 158 cm³/mol. The van der Waals surface area contributed by atoms with Crippen molar-refractivity contribution in [3.8, 4) is 34.5 Å². The van der Waals surface area contributed by atoms with Gasteiger partial charge in [0.25, 0.3) is 0 Å². The number of methoxy groups -OCH3 is 6. The minimum Gasteiger partial charge on any atom is -0.493 e. The van der Waals surface area contributed by atoms with E-state index in [9.17, 15) is 0 Å². The Morgan fingerprint density at radius 3 is 1.20 bits per heavy atom. The van der Waals surface area contributed by atoms with Crippen molar-refractivity contribution in [2.24, 2.45) is 0 Å². The summed E-state index contributed by atoms with van der Waals surface area (Å²) in [5.74, 6) is 3.76. The van der Waals surface area contributed by atoms with E-state index in [1.165, 1.54) is 6.42 Å². The zero-order valence-corrected chi connectivity index (χ0v) is 25.7. The average Bonchev–Trinajstić information content (AvgIpc) is 3.24. The standard InChI is InChI=1S/C31H48N2O8/c1-34-26-18-24(19-27(35-2)30(26)38-5)22-40-16-8-12-32-10-7-11-33(15-14-32)13-9-17-41-23-25-20-28(36-3)31(39-6)29(21-25)37-4/h18-21H,7-17,22-23H2,1-6H3. The first-order valence-corrected chi connectivity index (χ1v) is 14.2. The fourth-order valence-electron chi connectivity index (χ4n) is 5.07. The molecule has 3 rings (SSSR count). The van der Waals surface area contributed by atoms with Gasteiger partial charge >= 0.3 is 0 Å². The highest BCUT2D eigenvalue weighted by molar-refractivity contribution is 5.54. The van der Waals surface area contributed by atoms with E-state index in [0.717, 1.165) is 63.2 Å². The first-order chi connectivity index (χ1) is 20.1. The third kappa shape index (κ3) is 9.85. The maximum absolute atomic E-state index is 5.96. The molecule has 0 spiro atoms. The lowest BCUT2D eigenvalue weighted by Crippen LogP contribution is -2.32. The molecular weight excluding hydrogens is 528 g/mol. The van der Waals surface area contributed by atoms with Gasteiger partial charge in [-0.15, -0.1) is 0 Å². The van der Waals surface area contributed by atoms with Crippen LogP contribution in [0.5, 0.6) is 34.5 Å². The Morgan fingerprint density at radius 2 is 0.878 bits per heavy atom. The fraction of sp³-hybridized carbons (Fsp3) is 0.613. The molecule has 2 aromatic carbocycles. The Hall–Kier alpha value is -2.92. The van der Waals surface area contributed by atoms with Gasteiger partial charge in [0, 0.05) is 39.4 Å². The first kappa shape index (κ1) is 32.6. The van der Waals surface area contributed by atoms with Crippen LogP contribution in [0.15, 0.2) is 24.3 Å². The lowest BCUT2D eigenvalue weighted by Gasteiger charge is -2.21. The van der Waals surface area contributed by atoms with Gasteiger partial charge in [0.1, 0.15) is 0 Å². The molecule has 1 aliphatic heterocycles. The number of hydrogen-bond acceptors (Lipinski definition) is 10. The van der Waals surface area contributed by atoms with Crippen molar-refractivity contribution in [1.82, 2.24) is 9.80 Å². The lowest BCUT2D eigenvalue weighted by molar-refractivity contribution is 0.105. The highest BCUT2D eigenvalue weighted by atomic mass is 16.5. The molecule has 0 amide bonds.